The molecule has 2 atom stereocenters. The van der Waals surface area contributed by atoms with Gasteiger partial charge >= 0.3 is 0 Å². The predicted octanol–water partition coefficient (Wildman–Crippen LogP) is 2.29. The number of rotatable bonds is 6. The molecule has 1 rings (SSSR count). The topological polar surface area (TPSA) is 52.6 Å². The van der Waals surface area contributed by atoms with Crippen LogP contribution in [0.25, 0.3) is 0 Å². The molecule has 6 heteroatoms. The minimum Gasteiger partial charge on any atom is -0.493 e. The summed E-state index contributed by atoms with van der Waals surface area (Å²) < 4.78 is 33.3. The van der Waals surface area contributed by atoms with Crippen LogP contribution in [0.5, 0.6) is 11.5 Å². The van der Waals surface area contributed by atoms with Crippen LogP contribution in [0.3, 0.4) is 0 Å². The Morgan fingerprint density at radius 1 is 1.21 bits per heavy atom. The van der Waals surface area contributed by atoms with Crippen LogP contribution in [0.2, 0.25) is 0 Å². The molecule has 1 aromatic rings. The minimum absolute atomic E-state index is 0.455. The summed E-state index contributed by atoms with van der Waals surface area (Å²) in [7, 11) is -0.0210. The van der Waals surface area contributed by atoms with Crippen molar-refractivity contribution < 1.29 is 17.9 Å². The van der Waals surface area contributed by atoms with Crippen molar-refractivity contribution in [3.05, 3.63) is 23.8 Å². The van der Waals surface area contributed by atoms with Gasteiger partial charge in [-0.15, -0.1) is 11.6 Å². The fourth-order valence-electron chi connectivity index (χ4n) is 1.67. The number of hydrogen-bond acceptors (Lipinski definition) is 4. The van der Waals surface area contributed by atoms with Crippen LogP contribution in [0.4, 0.5) is 0 Å². The number of alkyl halides is 1. The maximum absolute atomic E-state index is 11.5. The molecule has 0 bridgehead atoms. The largest absolute Gasteiger partial charge is 0.493 e. The quantitative estimate of drug-likeness (QED) is 0.757. The third kappa shape index (κ3) is 4.28. The van der Waals surface area contributed by atoms with Crippen molar-refractivity contribution >= 4 is 21.4 Å². The Hall–Kier alpha value is -0.940. The summed E-state index contributed by atoms with van der Waals surface area (Å²) in [5.41, 5.74) is 0.910. The van der Waals surface area contributed by atoms with Gasteiger partial charge in [-0.05, 0) is 31.0 Å². The molecule has 0 saturated heterocycles. The Balaban J connectivity index is 2.88. The molecule has 0 saturated carbocycles. The van der Waals surface area contributed by atoms with Crippen molar-refractivity contribution in [1.29, 1.82) is 0 Å². The molecule has 0 amide bonds. The van der Waals surface area contributed by atoms with Crippen molar-refractivity contribution in [1.82, 2.24) is 0 Å². The Labute approximate surface area is 119 Å². The highest BCUT2D eigenvalue weighted by atomic mass is 35.5. The van der Waals surface area contributed by atoms with Crippen molar-refractivity contribution in [3.8, 4) is 11.5 Å². The first-order valence-electron chi connectivity index (χ1n) is 5.83. The third-order valence-corrected chi connectivity index (χ3v) is 5.42. The van der Waals surface area contributed by atoms with Crippen molar-refractivity contribution in [3.63, 3.8) is 0 Å². The van der Waals surface area contributed by atoms with E-state index in [0.717, 1.165) is 5.56 Å². The summed E-state index contributed by atoms with van der Waals surface area (Å²) in [5, 5.41) is -1.07. The highest BCUT2D eigenvalue weighted by Gasteiger charge is 2.24. The van der Waals surface area contributed by atoms with Gasteiger partial charge in [0.15, 0.2) is 21.3 Å². The van der Waals surface area contributed by atoms with Gasteiger partial charge < -0.3 is 9.47 Å². The van der Waals surface area contributed by atoms with Crippen LogP contribution < -0.4 is 9.47 Å². The van der Waals surface area contributed by atoms with E-state index in [1.807, 2.05) is 12.1 Å². The second-order valence-corrected chi connectivity index (χ2v) is 7.41. The standard InChI is InChI=1S/C13H19ClO4S/c1-9(19(4,15)16)11(14)7-10-5-6-12(17-2)13(8-10)18-3/h5-6,8-9,11H,7H2,1-4H3. The Kier molecular flexibility index (Phi) is 5.50. The second kappa shape index (κ2) is 6.48. The monoisotopic (exact) mass is 306 g/mol. The number of benzene rings is 1. The molecule has 108 valence electrons. The van der Waals surface area contributed by atoms with Crippen LogP contribution in [-0.4, -0.2) is 39.5 Å². The number of halogens is 1. The van der Waals surface area contributed by atoms with Gasteiger partial charge in [0.1, 0.15) is 0 Å². The first kappa shape index (κ1) is 16.1. The van der Waals surface area contributed by atoms with Gasteiger partial charge in [0, 0.05) is 6.26 Å². The molecule has 0 aliphatic heterocycles. The molecule has 0 N–H and O–H groups in total. The smallest absolute Gasteiger partial charge is 0.160 e. The maximum Gasteiger partial charge on any atom is 0.160 e. The van der Waals surface area contributed by atoms with Crippen molar-refractivity contribution in [2.24, 2.45) is 0 Å². The molecule has 0 spiro atoms. The first-order chi connectivity index (χ1) is 8.79. The van der Waals surface area contributed by atoms with E-state index in [-0.39, 0.29) is 0 Å². The van der Waals surface area contributed by atoms with E-state index < -0.39 is 20.5 Å². The molecule has 0 radical (unpaired) electrons. The van der Waals surface area contributed by atoms with Crippen LogP contribution in [-0.2, 0) is 16.3 Å². The molecular formula is C13H19ClO4S. The average Bonchev–Trinajstić information content (AvgIpc) is 2.36. The Bertz CT molecular complexity index is 527. The van der Waals surface area contributed by atoms with Gasteiger partial charge in [0.05, 0.1) is 24.8 Å². The summed E-state index contributed by atoms with van der Waals surface area (Å²) in [5.74, 6) is 1.24. The Morgan fingerprint density at radius 3 is 2.26 bits per heavy atom. The van der Waals surface area contributed by atoms with E-state index >= 15 is 0 Å². The molecule has 19 heavy (non-hydrogen) atoms. The molecule has 0 aromatic heterocycles. The van der Waals surface area contributed by atoms with Crippen molar-refractivity contribution in [2.75, 3.05) is 20.5 Å². The van der Waals surface area contributed by atoms with E-state index in [1.165, 1.54) is 6.26 Å². The molecule has 0 aliphatic rings. The number of sulfone groups is 1. The predicted molar refractivity (Wildman–Crippen MR) is 77.2 cm³/mol. The molecule has 0 heterocycles. The zero-order chi connectivity index (χ0) is 14.6. The molecule has 4 nitrogen and oxygen atoms in total. The van der Waals surface area contributed by atoms with E-state index in [4.69, 9.17) is 21.1 Å². The molecular weight excluding hydrogens is 288 g/mol. The SMILES string of the molecule is COc1ccc(CC(Cl)C(C)S(C)(=O)=O)cc1OC. The van der Waals surface area contributed by atoms with Crippen LogP contribution in [0, 0.1) is 0 Å². The lowest BCUT2D eigenvalue weighted by atomic mass is 10.1. The van der Waals surface area contributed by atoms with Gasteiger partial charge in [-0.25, -0.2) is 8.42 Å². The number of methoxy groups -OCH3 is 2. The van der Waals surface area contributed by atoms with E-state index in [2.05, 4.69) is 0 Å². The second-order valence-electron chi connectivity index (χ2n) is 4.44. The zero-order valence-corrected chi connectivity index (χ0v) is 13.1. The van der Waals surface area contributed by atoms with Crippen LogP contribution in [0.1, 0.15) is 12.5 Å². The molecule has 0 fully saturated rings. The third-order valence-electron chi connectivity index (χ3n) is 3.06. The van der Waals surface area contributed by atoms with Crippen LogP contribution in [0.15, 0.2) is 18.2 Å². The Morgan fingerprint density at radius 2 is 1.79 bits per heavy atom. The van der Waals surface area contributed by atoms with Crippen molar-refractivity contribution in [2.45, 2.75) is 24.0 Å². The lowest BCUT2D eigenvalue weighted by Crippen LogP contribution is -2.28. The van der Waals surface area contributed by atoms with E-state index in [1.54, 1.807) is 27.2 Å². The normalized spacial score (nSPS) is 14.8. The lowest BCUT2D eigenvalue weighted by molar-refractivity contribution is 0.354. The van der Waals surface area contributed by atoms with Gasteiger partial charge in [-0.3, -0.25) is 0 Å². The maximum atomic E-state index is 11.5. The first-order valence-corrected chi connectivity index (χ1v) is 8.22. The summed E-state index contributed by atoms with van der Waals surface area (Å²) in [6, 6.07) is 5.44. The van der Waals surface area contributed by atoms with Gasteiger partial charge in [0.2, 0.25) is 0 Å². The highest BCUT2D eigenvalue weighted by Crippen LogP contribution is 2.29. The fourth-order valence-corrected chi connectivity index (χ4v) is 3.04. The van der Waals surface area contributed by atoms with Gasteiger partial charge in [-0.1, -0.05) is 6.07 Å². The summed E-state index contributed by atoms with van der Waals surface area (Å²) in [6.45, 7) is 1.62. The summed E-state index contributed by atoms with van der Waals surface area (Å²) >= 11 is 6.17. The van der Waals surface area contributed by atoms with Gasteiger partial charge in [0.25, 0.3) is 0 Å². The average molecular weight is 307 g/mol. The lowest BCUT2D eigenvalue weighted by Gasteiger charge is -2.17. The highest BCUT2D eigenvalue weighted by molar-refractivity contribution is 7.91. The summed E-state index contributed by atoms with van der Waals surface area (Å²) in [6.07, 6.45) is 1.65. The molecule has 2 unspecified atom stereocenters. The van der Waals surface area contributed by atoms with Crippen LogP contribution >= 0.6 is 11.6 Å². The summed E-state index contributed by atoms with van der Waals surface area (Å²) in [4.78, 5) is 0. The molecule has 0 aliphatic carbocycles. The number of ether oxygens (including phenoxy) is 2. The molecule has 1 aromatic carbocycles. The minimum atomic E-state index is -3.14. The fraction of sp³-hybridized carbons (Fsp3) is 0.538. The van der Waals surface area contributed by atoms with E-state index in [0.29, 0.717) is 17.9 Å². The number of hydrogen-bond donors (Lipinski definition) is 0. The zero-order valence-electron chi connectivity index (χ0n) is 11.5. The van der Waals surface area contributed by atoms with Gasteiger partial charge in [-0.2, -0.15) is 0 Å². The van der Waals surface area contributed by atoms with E-state index in [9.17, 15) is 8.42 Å².